The van der Waals surface area contributed by atoms with Crippen molar-refractivity contribution in [2.24, 2.45) is 0 Å². The van der Waals surface area contributed by atoms with E-state index in [1.807, 2.05) is 42.5 Å². The van der Waals surface area contributed by atoms with Crippen LogP contribution in [-0.2, 0) is 6.54 Å². The molecule has 2 aliphatic heterocycles. The van der Waals surface area contributed by atoms with Crippen molar-refractivity contribution in [2.45, 2.75) is 31.4 Å². The Morgan fingerprint density at radius 1 is 0.977 bits per heavy atom. The standard InChI is InChI=1S/C33H31N3O7/c1-41-28-10-6-9-23-29(42-2)18-25(34-30(23)28)31(38)35-15-13-33(14-16-35)19-26(37)24-17-22(11-12-27(24)43-33)36(32(39)40)20-21-7-4-3-5-8-21/h3-12,17-18H,13-16,19-20H2,1-2H3,(H,39,40). The average Bonchev–Trinajstić information content (AvgIpc) is 3.03. The molecule has 0 unspecified atom stereocenters. The molecule has 220 valence electrons. The van der Waals surface area contributed by atoms with Crippen LogP contribution >= 0.6 is 0 Å². The summed E-state index contributed by atoms with van der Waals surface area (Å²) >= 11 is 0. The fourth-order valence-corrected chi connectivity index (χ4v) is 5.88. The second kappa shape index (κ2) is 11.3. The Balaban J connectivity index is 1.18. The van der Waals surface area contributed by atoms with Crippen molar-refractivity contribution in [3.63, 3.8) is 0 Å². The molecule has 2 amide bonds. The number of para-hydroxylation sites is 1. The lowest BCUT2D eigenvalue weighted by molar-refractivity contribution is -0.00585. The summed E-state index contributed by atoms with van der Waals surface area (Å²) in [6, 6.07) is 21.3. The van der Waals surface area contributed by atoms with Gasteiger partial charge >= 0.3 is 6.09 Å². The first-order chi connectivity index (χ1) is 20.8. The smallest absolute Gasteiger partial charge is 0.412 e. The Kier molecular flexibility index (Phi) is 7.35. The first-order valence-electron chi connectivity index (χ1n) is 14.0. The molecule has 2 aliphatic rings. The highest BCUT2D eigenvalue weighted by Gasteiger charge is 2.44. The number of ether oxygens (including phenoxy) is 3. The lowest BCUT2D eigenvalue weighted by atomic mass is 9.82. The van der Waals surface area contributed by atoms with Crippen molar-refractivity contribution in [2.75, 3.05) is 32.2 Å². The van der Waals surface area contributed by atoms with E-state index in [0.29, 0.717) is 59.9 Å². The number of likely N-dealkylation sites (tertiary alicyclic amines) is 1. The van der Waals surface area contributed by atoms with Crippen LogP contribution in [-0.4, -0.2) is 65.7 Å². The van der Waals surface area contributed by atoms with Crippen molar-refractivity contribution >= 4 is 34.4 Å². The maximum absolute atomic E-state index is 13.5. The number of ketones is 1. The number of fused-ring (bicyclic) bond motifs is 2. The summed E-state index contributed by atoms with van der Waals surface area (Å²) < 4.78 is 17.4. The topological polar surface area (TPSA) is 119 Å². The van der Waals surface area contributed by atoms with Gasteiger partial charge in [-0.05, 0) is 35.9 Å². The minimum absolute atomic E-state index is 0.110. The number of hydrogen-bond donors (Lipinski definition) is 1. The van der Waals surface area contributed by atoms with Crippen LogP contribution in [0.4, 0.5) is 10.5 Å². The molecule has 0 aliphatic carbocycles. The number of carbonyl (C=O) groups is 3. The fourth-order valence-electron chi connectivity index (χ4n) is 5.88. The predicted molar refractivity (Wildman–Crippen MR) is 159 cm³/mol. The number of hydrogen-bond acceptors (Lipinski definition) is 7. The van der Waals surface area contributed by atoms with Crippen molar-refractivity contribution in [1.82, 2.24) is 9.88 Å². The molecule has 0 atom stereocenters. The highest BCUT2D eigenvalue weighted by atomic mass is 16.5. The van der Waals surface area contributed by atoms with Gasteiger partial charge in [-0.15, -0.1) is 0 Å². The molecule has 3 heterocycles. The van der Waals surface area contributed by atoms with Gasteiger partial charge in [-0.3, -0.25) is 14.5 Å². The Hall–Kier alpha value is -5.12. The van der Waals surface area contributed by atoms with E-state index >= 15 is 0 Å². The quantitative estimate of drug-likeness (QED) is 0.314. The van der Waals surface area contributed by atoms with Crippen molar-refractivity contribution in [1.29, 1.82) is 0 Å². The van der Waals surface area contributed by atoms with Crippen molar-refractivity contribution in [3.8, 4) is 17.2 Å². The van der Waals surface area contributed by atoms with Crippen LogP contribution < -0.4 is 19.1 Å². The summed E-state index contributed by atoms with van der Waals surface area (Å²) in [7, 11) is 3.10. The number of methoxy groups -OCH3 is 2. The van der Waals surface area contributed by atoms with Gasteiger partial charge in [0.15, 0.2) is 5.78 Å². The summed E-state index contributed by atoms with van der Waals surface area (Å²) in [5.74, 6) is 1.16. The molecule has 1 aromatic heterocycles. The number of pyridine rings is 1. The maximum Gasteiger partial charge on any atom is 0.412 e. The summed E-state index contributed by atoms with van der Waals surface area (Å²) in [4.78, 5) is 46.5. The SMILES string of the molecule is COc1cc(C(=O)N2CCC3(CC2)CC(=O)c2cc(N(Cc4ccccc4)C(=O)O)ccc2O3)nc2c(OC)cccc12. The van der Waals surface area contributed by atoms with Crippen molar-refractivity contribution < 1.29 is 33.7 Å². The van der Waals surface area contributed by atoms with Gasteiger partial charge in [0.05, 0.1) is 32.7 Å². The number of aromatic nitrogens is 1. The van der Waals surface area contributed by atoms with E-state index in [9.17, 15) is 19.5 Å². The number of Topliss-reactive ketones (excluding diaryl/α,β-unsaturated/α-hetero) is 1. The third-order valence-corrected chi connectivity index (χ3v) is 8.18. The molecular weight excluding hydrogens is 550 g/mol. The van der Waals surface area contributed by atoms with Gasteiger partial charge in [-0.2, -0.15) is 0 Å². The van der Waals surface area contributed by atoms with E-state index in [-0.39, 0.29) is 30.3 Å². The summed E-state index contributed by atoms with van der Waals surface area (Å²) in [6.45, 7) is 0.928. The van der Waals surface area contributed by atoms with Crippen LogP contribution in [0.3, 0.4) is 0 Å². The van der Waals surface area contributed by atoms with Gasteiger partial charge in [0, 0.05) is 43.1 Å². The Bertz CT molecular complexity index is 1710. The Morgan fingerprint density at radius 2 is 1.72 bits per heavy atom. The number of carboxylic acid groups (broad SMARTS) is 1. The number of nitrogens with zero attached hydrogens (tertiary/aromatic N) is 3. The Morgan fingerprint density at radius 3 is 2.42 bits per heavy atom. The van der Waals surface area contributed by atoms with Crippen LogP contribution in [0.15, 0.2) is 72.8 Å². The molecular formula is C33H31N3O7. The monoisotopic (exact) mass is 581 g/mol. The van der Waals surface area contributed by atoms with Gasteiger partial charge in [-0.1, -0.05) is 36.4 Å². The minimum atomic E-state index is -1.11. The van der Waals surface area contributed by atoms with Gasteiger partial charge in [0.2, 0.25) is 0 Å². The number of anilines is 1. The number of rotatable bonds is 6. The fraction of sp³-hybridized carbons (Fsp3) is 0.273. The van der Waals surface area contributed by atoms with Crippen LogP contribution in [0.2, 0.25) is 0 Å². The molecule has 1 spiro atoms. The van der Waals surface area contributed by atoms with E-state index in [2.05, 4.69) is 4.98 Å². The van der Waals surface area contributed by atoms with Crippen LogP contribution in [0.25, 0.3) is 10.9 Å². The minimum Gasteiger partial charge on any atom is -0.496 e. The Labute approximate surface area is 248 Å². The number of carbonyl (C=O) groups excluding carboxylic acids is 2. The second-order valence-corrected chi connectivity index (χ2v) is 10.8. The normalized spacial score (nSPS) is 15.5. The molecule has 10 nitrogen and oxygen atoms in total. The van der Waals surface area contributed by atoms with E-state index in [1.165, 1.54) is 4.90 Å². The van der Waals surface area contributed by atoms with Crippen LogP contribution in [0.1, 0.15) is 45.7 Å². The van der Waals surface area contributed by atoms with Gasteiger partial charge in [0.1, 0.15) is 34.1 Å². The van der Waals surface area contributed by atoms with Crippen LogP contribution in [0, 0.1) is 0 Å². The summed E-state index contributed by atoms with van der Waals surface area (Å²) in [5, 5.41) is 10.6. The first-order valence-corrected chi connectivity index (χ1v) is 14.0. The molecule has 4 aromatic rings. The highest BCUT2D eigenvalue weighted by Crippen LogP contribution is 2.41. The molecule has 6 rings (SSSR count). The first kappa shape index (κ1) is 28.0. The lowest BCUT2D eigenvalue weighted by Gasteiger charge is -2.44. The van der Waals surface area contributed by atoms with Crippen molar-refractivity contribution in [3.05, 3.63) is 89.6 Å². The third kappa shape index (κ3) is 5.31. The molecule has 0 saturated carbocycles. The maximum atomic E-state index is 13.5. The summed E-state index contributed by atoms with van der Waals surface area (Å²) in [5.41, 5.74) is 1.66. The van der Waals surface area contributed by atoms with E-state index < -0.39 is 11.7 Å². The van der Waals surface area contributed by atoms with E-state index in [4.69, 9.17) is 14.2 Å². The van der Waals surface area contributed by atoms with Gasteiger partial charge in [0.25, 0.3) is 5.91 Å². The molecule has 43 heavy (non-hydrogen) atoms. The molecule has 0 radical (unpaired) electrons. The molecule has 3 aromatic carbocycles. The van der Waals surface area contributed by atoms with Crippen LogP contribution in [0.5, 0.6) is 17.2 Å². The zero-order chi connectivity index (χ0) is 30.1. The molecule has 0 bridgehead atoms. The highest BCUT2D eigenvalue weighted by molar-refractivity contribution is 6.02. The second-order valence-electron chi connectivity index (χ2n) is 10.8. The number of amides is 2. The summed E-state index contributed by atoms with van der Waals surface area (Å²) in [6.07, 6.45) is -0.0288. The largest absolute Gasteiger partial charge is 0.496 e. The number of piperidine rings is 1. The van der Waals surface area contributed by atoms with E-state index in [0.717, 1.165) is 10.9 Å². The average molecular weight is 582 g/mol. The zero-order valence-corrected chi connectivity index (χ0v) is 23.9. The zero-order valence-electron chi connectivity index (χ0n) is 23.9. The van der Waals surface area contributed by atoms with Gasteiger partial charge in [-0.25, -0.2) is 9.78 Å². The molecule has 10 heteroatoms. The third-order valence-electron chi connectivity index (χ3n) is 8.18. The molecule has 1 fully saturated rings. The van der Waals surface area contributed by atoms with E-state index in [1.54, 1.807) is 49.5 Å². The number of benzene rings is 3. The molecule has 1 saturated heterocycles. The van der Waals surface area contributed by atoms with Gasteiger partial charge < -0.3 is 24.2 Å². The molecule has 1 N–H and O–H groups in total. The predicted octanol–water partition coefficient (Wildman–Crippen LogP) is 5.58. The lowest BCUT2D eigenvalue weighted by Crippen LogP contribution is -2.52.